The molecule has 2 heterocycles. The number of carboxylic acid groups (broad SMARTS) is 1. The van der Waals surface area contributed by atoms with Gasteiger partial charge in [-0.25, -0.2) is 19.4 Å². The van der Waals surface area contributed by atoms with E-state index in [1.54, 1.807) is 6.07 Å². The lowest BCUT2D eigenvalue weighted by Gasteiger charge is -2.18. The molecule has 44 heavy (non-hydrogen) atoms. The highest BCUT2D eigenvalue weighted by molar-refractivity contribution is 6.04. The second-order valence-electron chi connectivity index (χ2n) is 10.1. The number of aromatic nitrogens is 2. The molecule has 0 unspecified atom stereocenters. The van der Waals surface area contributed by atoms with Crippen molar-refractivity contribution in [2.45, 2.75) is 19.1 Å². The lowest BCUT2D eigenvalue weighted by atomic mass is 10.1. The molecule has 1 fully saturated rings. The number of para-hydroxylation sites is 2. The van der Waals surface area contributed by atoms with Gasteiger partial charge in [-0.1, -0.05) is 54.6 Å². The smallest absolute Gasteiger partial charge is 0.408 e. The fourth-order valence-corrected chi connectivity index (χ4v) is 4.80. The van der Waals surface area contributed by atoms with Crippen molar-refractivity contribution in [3.05, 3.63) is 72.3 Å². The molecule has 0 radical (unpaired) electrons. The molecule has 0 saturated carbocycles. The number of aromatic amines is 1. The van der Waals surface area contributed by atoms with Gasteiger partial charge in [0.2, 0.25) is 11.9 Å². The molecule has 5 N–H and O–H groups in total. The number of aliphatic carboxylic acids is 1. The molecular formula is C30H31N7O7. The molecular weight excluding hydrogens is 570 g/mol. The molecule has 1 saturated heterocycles. The summed E-state index contributed by atoms with van der Waals surface area (Å²) in [7, 11) is 0. The monoisotopic (exact) mass is 601 g/mol. The van der Waals surface area contributed by atoms with Crippen molar-refractivity contribution in [2.24, 2.45) is 0 Å². The van der Waals surface area contributed by atoms with E-state index in [0.717, 1.165) is 32.3 Å². The number of hydrogen-bond donors (Lipinski definition) is 5. The number of imidazole rings is 1. The Labute approximate surface area is 251 Å². The number of carboxylic acids is 1. The van der Waals surface area contributed by atoms with Crippen LogP contribution in [0.5, 0.6) is 0 Å². The Kier molecular flexibility index (Phi) is 9.18. The van der Waals surface area contributed by atoms with Crippen LogP contribution >= 0.6 is 0 Å². The Morgan fingerprint density at radius 2 is 1.80 bits per heavy atom. The summed E-state index contributed by atoms with van der Waals surface area (Å²) < 4.78 is 5.21. The minimum atomic E-state index is -1.50. The summed E-state index contributed by atoms with van der Waals surface area (Å²) in [6.07, 6.45) is -0.450. The Hall–Kier alpha value is -5.66. The molecule has 0 bridgehead atoms. The van der Waals surface area contributed by atoms with Crippen LogP contribution in [0.4, 0.5) is 15.5 Å². The molecule has 3 aromatic carbocycles. The maximum absolute atomic E-state index is 12.7. The Morgan fingerprint density at radius 1 is 1.02 bits per heavy atom. The molecule has 5 rings (SSSR count). The maximum Gasteiger partial charge on any atom is 0.408 e. The molecule has 1 atom stereocenters. The lowest BCUT2D eigenvalue weighted by molar-refractivity contribution is -0.139. The summed E-state index contributed by atoms with van der Waals surface area (Å²) in [6.45, 7) is -0.543. The summed E-state index contributed by atoms with van der Waals surface area (Å²) in [5, 5.41) is 19.1. The van der Waals surface area contributed by atoms with E-state index in [-0.39, 0.29) is 19.7 Å². The summed E-state index contributed by atoms with van der Waals surface area (Å²) >= 11 is 0. The standard InChI is InChI=1S/C30H31N7O7/c38-25(32-15-24(27(40)41)35-29(42)44-18-20-9-5-8-19-7-1-2-10-21(19)20)16-37-26(39)17-36(30(37)43)14-6-13-31-28-33-22-11-3-4-12-23(22)34-28/h1-5,7-12,24H,6,13-18H2,(H,32,38)(H,35,42)(H,40,41)(H2,31,33,34)/t24-/m0/s1. The number of nitrogens with one attached hydrogen (secondary N) is 4. The first-order valence-corrected chi connectivity index (χ1v) is 14.0. The van der Waals surface area contributed by atoms with E-state index < -0.39 is 49.0 Å². The van der Waals surface area contributed by atoms with Gasteiger partial charge in [0.1, 0.15) is 25.7 Å². The van der Waals surface area contributed by atoms with Gasteiger partial charge in [-0.15, -0.1) is 0 Å². The first-order valence-electron chi connectivity index (χ1n) is 14.0. The van der Waals surface area contributed by atoms with Crippen LogP contribution in [0.15, 0.2) is 66.7 Å². The van der Waals surface area contributed by atoms with Gasteiger partial charge in [-0.05, 0) is 34.9 Å². The van der Waals surface area contributed by atoms with E-state index in [1.165, 1.54) is 4.90 Å². The van der Waals surface area contributed by atoms with Gasteiger partial charge in [0.05, 0.1) is 11.0 Å². The Bertz CT molecular complexity index is 1670. The quantitative estimate of drug-likeness (QED) is 0.113. The highest BCUT2D eigenvalue weighted by Crippen LogP contribution is 2.19. The number of ether oxygens (including phenoxy) is 1. The molecule has 1 aromatic heterocycles. The van der Waals surface area contributed by atoms with Crippen LogP contribution in [0.3, 0.4) is 0 Å². The maximum atomic E-state index is 12.7. The van der Waals surface area contributed by atoms with Gasteiger partial charge in [-0.2, -0.15) is 0 Å². The number of nitrogens with zero attached hydrogens (tertiary/aromatic N) is 3. The highest BCUT2D eigenvalue weighted by Gasteiger charge is 2.36. The van der Waals surface area contributed by atoms with E-state index in [0.29, 0.717) is 18.9 Å². The van der Waals surface area contributed by atoms with Crippen molar-refractivity contribution in [1.82, 2.24) is 30.4 Å². The van der Waals surface area contributed by atoms with Crippen LogP contribution in [0.1, 0.15) is 12.0 Å². The van der Waals surface area contributed by atoms with Gasteiger partial charge in [0.15, 0.2) is 0 Å². The van der Waals surface area contributed by atoms with E-state index >= 15 is 0 Å². The van der Waals surface area contributed by atoms with Crippen molar-refractivity contribution in [3.8, 4) is 0 Å². The predicted octanol–water partition coefficient (Wildman–Crippen LogP) is 2.28. The van der Waals surface area contributed by atoms with Crippen LogP contribution in [-0.4, -0.2) is 93.5 Å². The van der Waals surface area contributed by atoms with E-state index in [9.17, 15) is 29.1 Å². The molecule has 228 valence electrons. The van der Waals surface area contributed by atoms with Crippen LogP contribution in [0.25, 0.3) is 21.8 Å². The zero-order chi connectivity index (χ0) is 31.1. The SMILES string of the molecule is O=C(CN1C(=O)CN(CCCNc2nc3ccccc3[nH]2)C1=O)NC[C@H](NC(=O)OCc1cccc2ccccc12)C(=O)O. The number of carbonyl (C=O) groups is 5. The first-order chi connectivity index (χ1) is 21.3. The number of rotatable bonds is 13. The fourth-order valence-electron chi connectivity index (χ4n) is 4.80. The Balaban J connectivity index is 1.04. The van der Waals surface area contributed by atoms with Crippen LogP contribution in [0, 0.1) is 0 Å². The molecule has 4 aromatic rings. The average Bonchev–Trinajstić information content (AvgIpc) is 3.55. The summed E-state index contributed by atoms with van der Waals surface area (Å²) in [6, 6.07) is 18.6. The van der Waals surface area contributed by atoms with Crippen LogP contribution < -0.4 is 16.0 Å². The molecule has 1 aliphatic rings. The number of carbonyl (C=O) groups excluding carboxylic acids is 4. The number of amides is 5. The van der Waals surface area contributed by atoms with E-state index in [1.807, 2.05) is 60.7 Å². The minimum Gasteiger partial charge on any atom is -0.480 e. The number of benzene rings is 3. The molecule has 14 nitrogen and oxygen atoms in total. The van der Waals surface area contributed by atoms with Crippen molar-refractivity contribution >= 4 is 57.7 Å². The number of hydrogen-bond acceptors (Lipinski definition) is 8. The van der Waals surface area contributed by atoms with Gasteiger partial charge in [0, 0.05) is 19.6 Å². The van der Waals surface area contributed by atoms with Crippen LogP contribution in [0.2, 0.25) is 0 Å². The third-order valence-corrected chi connectivity index (χ3v) is 7.05. The number of anilines is 1. The number of alkyl carbamates (subject to hydrolysis) is 1. The van der Waals surface area contributed by atoms with Crippen molar-refractivity contribution < 1.29 is 33.8 Å². The zero-order valence-electron chi connectivity index (χ0n) is 23.6. The largest absolute Gasteiger partial charge is 0.480 e. The molecule has 14 heteroatoms. The van der Waals surface area contributed by atoms with Crippen molar-refractivity contribution in [1.29, 1.82) is 0 Å². The second kappa shape index (κ2) is 13.5. The summed E-state index contributed by atoms with van der Waals surface area (Å²) in [4.78, 5) is 71.4. The highest BCUT2D eigenvalue weighted by atomic mass is 16.5. The number of imide groups is 1. The van der Waals surface area contributed by atoms with Crippen LogP contribution in [-0.2, 0) is 25.7 Å². The third-order valence-electron chi connectivity index (χ3n) is 7.05. The molecule has 0 spiro atoms. The van der Waals surface area contributed by atoms with Crippen molar-refractivity contribution in [3.63, 3.8) is 0 Å². The number of H-pyrrole nitrogens is 1. The fraction of sp³-hybridized carbons (Fsp3) is 0.267. The van der Waals surface area contributed by atoms with Gasteiger partial charge in [-0.3, -0.25) is 14.5 Å². The van der Waals surface area contributed by atoms with Gasteiger partial charge < -0.3 is 35.7 Å². The molecule has 5 amide bonds. The molecule has 1 aliphatic heterocycles. The van der Waals surface area contributed by atoms with Gasteiger partial charge in [0.25, 0.3) is 5.91 Å². The Morgan fingerprint density at radius 3 is 2.61 bits per heavy atom. The average molecular weight is 602 g/mol. The van der Waals surface area contributed by atoms with E-state index in [4.69, 9.17) is 4.74 Å². The van der Waals surface area contributed by atoms with Crippen molar-refractivity contribution in [2.75, 3.05) is 38.0 Å². The summed E-state index contributed by atoms with van der Waals surface area (Å²) in [5.74, 6) is -2.10. The lowest BCUT2D eigenvalue weighted by Crippen LogP contribution is -2.50. The number of urea groups is 1. The topological polar surface area (TPSA) is 186 Å². The minimum absolute atomic E-state index is 0.0858. The first kappa shape index (κ1) is 29.8. The molecule has 0 aliphatic carbocycles. The van der Waals surface area contributed by atoms with E-state index in [2.05, 4.69) is 25.9 Å². The number of fused-ring (bicyclic) bond motifs is 2. The summed E-state index contributed by atoms with van der Waals surface area (Å²) in [5.41, 5.74) is 2.47. The normalized spacial score (nSPS) is 13.7. The van der Waals surface area contributed by atoms with Gasteiger partial charge >= 0.3 is 18.1 Å². The predicted molar refractivity (Wildman–Crippen MR) is 160 cm³/mol. The zero-order valence-corrected chi connectivity index (χ0v) is 23.6. The third kappa shape index (κ3) is 7.21. The second-order valence-corrected chi connectivity index (χ2v) is 10.1.